The van der Waals surface area contributed by atoms with E-state index in [1.165, 1.54) is 0 Å². The van der Waals surface area contributed by atoms with Gasteiger partial charge in [-0.25, -0.2) is 4.79 Å². The molecule has 30 heavy (non-hydrogen) atoms. The average Bonchev–Trinajstić information content (AvgIpc) is 2.79. The Hall–Kier alpha value is -3.44. The van der Waals surface area contributed by atoms with Crippen LogP contribution in [0.2, 0.25) is 0 Å². The van der Waals surface area contributed by atoms with Crippen molar-refractivity contribution in [3.8, 4) is 11.5 Å². The smallest absolute Gasteiger partial charge is 0.349 e. The number of halogens is 1. The van der Waals surface area contributed by atoms with E-state index in [-0.39, 0.29) is 12.4 Å². The molecule has 0 radical (unpaired) electrons. The lowest BCUT2D eigenvalue weighted by Gasteiger charge is -2.10. The second-order valence-corrected chi connectivity index (χ2v) is 7.37. The molecule has 4 rings (SSSR count). The van der Waals surface area contributed by atoms with Crippen LogP contribution in [-0.4, -0.2) is 18.4 Å². The summed E-state index contributed by atoms with van der Waals surface area (Å²) in [4.78, 5) is 24.6. The van der Waals surface area contributed by atoms with Crippen molar-refractivity contribution in [2.45, 2.75) is 0 Å². The zero-order valence-corrected chi connectivity index (χ0v) is 17.5. The SMILES string of the molecule is O=C(COc1ccc2ccccc2c1Br)Oc1ccc(C(=O)c2ccccc2)cc1. The van der Waals surface area contributed by atoms with Gasteiger partial charge in [0.05, 0.1) is 4.47 Å². The number of rotatable bonds is 6. The molecule has 0 atom stereocenters. The van der Waals surface area contributed by atoms with Gasteiger partial charge in [-0.2, -0.15) is 0 Å². The fourth-order valence-corrected chi connectivity index (χ4v) is 3.66. The van der Waals surface area contributed by atoms with Gasteiger partial charge in [0, 0.05) is 11.1 Å². The zero-order chi connectivity index (χ0) is 20.9. The van der Waals surface area contributed by atoms with E-state index in [2.05, 4.69) is 15.9 Å². The minimum atomic E-state index is -0.530. The van der Waals surface area contributed by atoms with Crippen LogP contribution >= 0.6 is 15.9 Å². The van der Waals surface area contributed by atoms with Crippen LogP contribution < -0.4 is 9.47 Å². The molecule has 0 bridgehead atoms. The van der Waals surface area contributed by atoms with E-state index < -0.39 is 5.97 Å². The van der Waals surface area contributed by atoms with E-state index in [9.17, 15) is 9.59 Å². The van der Waals surface area contributed by atoms with E-state index >= 15 is 0 Å². The Morgan fingerprint density at radius 2 is 1.40 bits per heavy atom. The van der Waals surface area contributed by atoms with Crippen LogP contribution in [0.3, 0.4) is 0 Å². The normalized spacial score (nSPS) is 10.6. The molecule has 4 aromatic rings. The quantitative estimate of drug-likeness (QED) is 0.206. The minimum absolute atomic E-state index is 0.0852. The molecule has 0 unspecified atom stereocenters. The van der Waals surface area contributed by atoms with Gasteiger partial charge in [-0.3, -0.25) is 4.79 Å². The molecule has 0 amide bonds. The van der Waals surface area contributed by atoms with Crippen LogP contribution in [0.1, 0.15) is 15.9 Å². The van der Waals surface area contributed by atoms with Crippen LogP contribution in [0.4, 0.5) is 0 Å². The minimum Gasteiger partial charge on any atom is -0.481 e. The molecule has 4 nitrogen and oxygen atoms in total. The van der Waals surface area contributed by atoms with Crippen LogP contribution in [0.5, 0.6) is 11.5 Å². The van der Waals surface area contributed by atoms with Crippen molar-refractivity contribution in [3.63, 3.8) is 0 Å². The summed E-state index contributed by atoms with van der Waals surface area (Å²) in [6, 6.07) is 27.1. The van der Waals surface area contributed by atoms with Gasteiger partial charge in [0.2, 0.25) is 0 Å². The van der Waals surface area contributed by atoms with E-state index in [1.807, 2.05) is 54.6 Å². The summed E-state index contributed by atoms with van der Waals surface area (Å²) in [7, 11) is 0. The highest BCUT2D eigenvalue weighted by Gasteiger charge is 2.12. The fourth-order valence-electron chi connectivity index (χ4n) is 3.05. The standard InChI is InChI=1S/C25H17BrO4/c26-24-21-9-5-4-6-17(21)12-15-22(24)29-16-23(27)30-20-13-10-19(11-14-20)25(28)18-7-2-1-3-8-18/h1-15H,16H2. The molecule has 0 saturated heterocycles. The Morgan fingerprint density at radius 3 is 2.17 bits per heavy atom. The third-order valence-corrected chi connectivity index (χ3v) is 5.38. The Bertz CT molecular complexity index is 1200. The number of carbonyl (C=O) groups is 2. The van der Waals surface area contributed by atoms with Gasteiger partial charge in [0.25, 0.3) is 0 Å². The lowest BCUT2D eigenvalue weighted by atomic mass is 10.0. The first-order valence-electron chi connectivity index (χ1n) is 9.32. The van der Waals surface area contributed by atoms with Crippen molar-refractivity contribution in [1.29, 1.82) is 0 Å². The third kappa shape index (κ3) is 4.42. The third-order valence-electron chi connectivity index (χ3n) is 4.56. The molecule has 0 aliphatic heterocycles. The molecule has 0 N–H and O–H groups in total. The summed E-state index contributed by atoms with van der Waals surface area (Å²) in [5.41, 5.74) is 1.13. The lowest BCUT2D eigenvalue weighted by Crippen LogP contribution is -2.17. The number of fused-ring (bicyclic) bond motifs is 1. The van der Waals surface area contributed by atoms with Crippen LogP contribution in [-0.2, 0) is 4.79 Å². The van der Waals surface area contributed by atoms with Crippen LogP contribution in [0, 0.1) is 0 Å². The molecule has 5 heteroatoms. The monoisotopic (exact) mass is 460 g/mol. The molecule has 0 heterocycles. The lowest BCUT2D eigenvalue weighted by molar-refractivity contribution is -0.136. The van der Waals surface area contributed by atoms with E-state index in [0.29, 0.717) is 22.6 Å². The highest BCUT2D eigenvalue weighted by molar-refractivity contribution is 9.10. The highest BCUT2D eigenvalue weighted by atomic mass is 79.9. The maximum absolute atomic E-state index is 12.4. The van der Waals surface area contributed by atoms with Gasteiger partial charge in [-0.05, 0) is 57.0 Å². The molecule has 0 aliphatic carbocycles. The number of benzene rings is 4. The van der Waals surface area contributed by atoms with E-state index in [1.54, 1.807) is 36.4 Å². The average molecular weight is 461 g/mol. The number of hydrogen-bond donors (Lipinski definition) is 0. The van der Waals surface area contributed by atoms with Crippen LogP contribution in [0.25, 0.3) is 10.8 Å². The maximum atomic E-state index is 12.4. The summed E-state index contributed by atoms with van der Waals surface area (Å²) in [5.74, 6) is 0.301. The van der Waals surface area contributed by atoms with Gasteiger partial charge in [-0.1, -0.05) is 60.7 Å². The predicted molar refractivity (Wildman–Crippen MR) is 119 cm³/mol. The number of carbonyl (C=O) groups excluding carboxylic acids is 2. The molecular formula is C25H17BrO4. The Kier molecular flexibility index (Phi) is 5.91. The van der Waals surface area contributed by atoms with Crippen molar-refractivity contribution in [2.24, 2.45) is 0 Å². The number of ketones is 1. The fraction of sp³-hybridized carbons (Fsp3) is 0.0400. The molecule has 0 fully saturated rings. The number of esters is 1. The Balaban J connectivity index is 1.37. The largest absolute Gasteiger partial charge is 0.481 e. The second-order valence-electron chi connectivity index (χ2n) is 6.58. The van der Waals surface area contributed by atoms with E-state index in [4.69, 9.17) is 9.47 Å². The van der Waals surface area contributed by atoms with Crippen molar-refractivity contribution in [3.05, 3.63) is 107 Å². The highest BCUT2D eigenvalue weighted by Crippen LogP contribution is 2.33. The topological polar surface area (TPSA) is 52.6 Å². The summed E-state index contributed by atoms with van der Waals surface area (Å²) >= 11 is 3.53. The predicted octanol–water partition coefficient (Wildman–Crippen LogP) is 5.82. The van der Waals surface area contributed by atoms with Crippen molar-refractivity contribution >= 4 is 38.5 Å². The van der Waals surface area contributed by atoms with Gasteiger partial charge < -0.3 is 9.47 Å². The first-order valence-corrected chi connectivity index (χ1v) is 10.1. The van der Waals surface area contributed by atoms with Crippen LogP contribution in [0.15, 0.2) is 95.5 Å². The molecule has 0 aliphatic rings. The van der Waals surface area contributed by atoms with Crippen molar-refractivity contribution in [2.75, 3.05) is 6.61 Å². The zero-order valence-electron chi connectivity index (χ0n) is 15.9. The van der Waals surface area contributed by atoms with Crippen molar-refractivity contribution < 1.29 is 19.1 Å². The van der Waals surface area contributed by atoms with E-state index in [0.717, 1.165) is 15.2 Å². The molecule has 4 aromatic carbocycles. The first-order chi connectivity index (χ1) is 14.6. The molecule has 0 aromatic heterocycles. The Labute approximate surface area is 182 Å². The molecule has 148 valence electrons. The number of hydrogen-bond acceptors (Lipinski definition) is 4. The number of ether oxygens (including phenoxy) is 2. The summed E-state index contributed by atoms with van der Waals surface area (Å²) in [5, 5.41) is 2.08. The summed E-state index contributed by atoms with van der Waals surface area (Å²) in [6.07, 6.45) is 0. The van der Waals surface area contributed by atoms with Gasteiger partial charge in [0.15, 0.2) is 12.4 Å². The molecular weight excluding hydrogens is 444 g/mol. The first kappa shape index (κ1) is 19.9. The second kappa shape index (κ2) is 8.93. The molecule has 0 saturated carbocycles. The summed E-state index contributed by atoms with van der Waals surface area (Å²) in [6.45, 7) is -0.234. The molecule has 0 spiro atoms. The van der Waals surface area contributed by atoms with Gasteiger partial charge >= 0.3 is 5.97 Å². The van der Waals surface area contributed by atoms with Gasteiger partial charge in [0.1, 0.15) is 11.5 Å². The Morgan fingerprint density at radius 1 is 0.733 bits per heavy atom. The maximum Gasteiger partial charge on any atom is 0.349 e. The van der Waals surface area contributed by atoms with Crippen molar-refractivity contribution in [1.82, 2.24) is 0 Å². The van der Waals surface area contributed by atoms with Gasteiger partial charge in [-0.15, -0.1) is 0 Å². The summed E-state index contributed by atoms with van der Waals surface area (Å²) < 4.78 is 11.7.